The molecule has 0 aliphatic rings. The van der Waals surface area contributed by atoms with E-state index in [1.807, 2.05) is 36.4 Å². The average Bonchev–Trinajstić information content (AvgIpc) is 2.89. The highest BCUT2D eigenvalue weighted by molar-refractivity contribution is 5.76. The van der Waals surface area contributed by atoms with Crippen LogP contribution in [-0.2, 0) is 17.8 Å². The van der Waals surface area contributed by atoms with Crippen LogP contribution in [0.2, 0.25) is 0 Å². The Morgan fingerprint density at radius 2 is 2.16 bits per heavy atom. The molecule has 0 saturated heterocycles. The van der Waals surface area contributed by atoms with Gasteiger partial charge in [0.25, 0.3) is 0 Å². The lowest BCUT2D eigenvalue weighted by atomic mass is 10.1. The third kappa shape index (κ3) is 3.88. The molecule has 100 valence electrons. The predicted octanol–water partition coefficient (Wildman–Crippen LogP) is 2.45. The van der Waals surface area contributed by atoms with Crippen molar-refractivity contribution in [3.05, 3.63) is 54.0 Å². The molecule has 1 aromatic heterocycles. The number of amides is 1. The van der Waals surface area contributed by atoms with E-state index in [9.17, 15) is 4.79 Å². The Hall–Kier alpha value is -2.23. The van der Waals surface area contributed by atoms with Gasteiger partial charge in [0.1, 0.15) is 5.76 Å². The van der Waals surface area contributed by atoms with Gasteiger partial charge in [0, 0.05) is 19.2 Å². The van der Waals surface area contributed by atoms with Gasteiger partial charge in [-0.1, -0.05) is 12.1 Å². The molecule has 1 aromatic carbocycles. The molecule has 1 amide bonds. The lowest BCUT2D eigenvalue weighted by Crippen LogP contribution is -2.26. The second-order valence-corrected chi connectivity index (χ2v) is 4.57. The Labute approximate surface area is 112 Å². The van der Waals surface area contributed by atoms with E-state index in [0.29, 0.717) is 19.4 Å². The molecule has 0 bridgehead atoms. The molecule has 0 aliphatic heterocycles. The molecule has 19 heavy (non-hydrogen) atoms. The van der Waals surface area contributed by atoms with Crippen molar-refractivity contribution in [3.8, 4) is 0 Å². The van der Waals surface area contributed by atoms with Gasteiger partial charge in [-0.3, -0.25) is 4.79 Å². The molecular weight excluding hydrogens is 240 g/mol. The van der Waals surface area contributed by atoms with E-state index < -0.39 is 0 Å². The maximum atomic E-state index is 12.0. The Morgan fingerprint density at radius 3 is 2.84 bits per heavy atom. The molecule has 0 aliphatic carbocycles. The molecule has 0 spiro atoms. The summed E-state index contributed by atoms with van der Waals surface area (Å²) in [5.74, 6) is 0.888. The van der Waals surface area contributed by atoms with Gasteiger partial charge in [-0.2, -0.15) is 0 Å². The number of carbonyl (C=O) groups excluding carboxylic acids is 1. The number of nitrogens with zero attached hydrogens (tertiary/aromatic N) is 1. The van der Waals surface area contributed by atoms with E-state index in [1.165, 1.54) is 0 Å². The number of nitrogen functional groups attached to an aromatic ring is 1. The zero-order chi connectivity index (χ0) is 13.7. The molecule has 2 N–H and O–H groups in total. The molecule has 0 fully saturated rings. The summed E-state index contributed by atoms with van der Waals surface area (Å²) in [6, 6.07) is 11.3. The normalized spacial score (nSPS) is 10.4. The van der Waals surface area contributed by atoms with Crippen molar-refractivity contribution in [3.63, 3.8) is 0 Å². The molecule has 1 heterocycles. The average molecular weight is 258 g/mol. The fraction of sp³-hybridized carbons (Fsp3) is 0.267. The Morgan fingerprint density at radius 1 is 1.32 bits per heavy atom. The van der Waals surface area contributed by atoms with Crippen LogP contribution in [-0.4, -0.2) is 17.9 Å². The first-order valence-corrected chi connectivity index (χ1v) is 6.26. The molecule has 0 unspecified atom stereocenters. The van der Waals surface area contributed by atoms with Gasteiger partial charge in [0.15, 0.2) is 0 Å². The first kappa shape index (κ1) is 13.2. The number of hydrogen-bond donors (Lipinski definition) is 1. The highest BCUT2D eigenvalue weighted by Crippen LogP contribution is 2.10. The molecular formula is C15H18N2O2. The summed E-state index contributed by atoms with van der Waals surface area (Å²) < 4.78 is 5.22. The second kappa shape index (κ2) is 6.09. The summed E-state index contributed by atoms with van der Waals surface area (Å²) in [5.41, 5.74) is 7.52. The molecule has 4 heteroatoms. The van der Waals surface area contributed by atoms with Crippen molar-refractivity contribution in [2.75, 3.05) is 12.8 Å². The van der Waals surface area contributed by atoms with E-state index in [4.69, 9.17) is 10.2 Å². The smallest absolute Gasteiger partial charge is 0.223 e. The van der Waals surface area contributed by atoms with Crippen molar-refractivity contribution in [2.45, 2.75) is 19.4 Å². The number of nitrogens with two attached hydrogens (primary N) is 1. The van der Waals surface area contributed by atoms with Crippen LogP contribution in [0.25, 0.3) is 0 Å². The summed E-state index contributed by atoms with van der Waals surface area (Å²) in [6.07, 6.45) is 2.79. The standard InChI is InChI=1S/C15H18N2O2/c1-17(11-14-6-3-9-19-14)15(18)8-7-12-4-2-5-13(16)10-12/h2-6,9-10H,7-8,11,16H2,1H3. The monoisotopic (exact) mass is 258 g/mol. The second-order valence-electron chi connectivity index (χ2n) is 4.57. The number of aryl methyl sites for hydroxylation is 1. The van der Waals surface area contributed by atoms with Crippen LogP contribution < -0.4 is 5.73 Å². The zero-order valence-corrected chi connectivity index (χ0v) is 11.0. The molecule has 0 atom stereocenters. The van der Waals surface area contributed by atoms with Crippen LogP contribution in [0.4, 0.5) is 5.69 Å². The third-order valence-corrected chi connectivity index (χ3v) is 2.98. The summed E-state index contributed by atoms with van der Waals surface area (Å²) in [4.78, 5) is 13.7. The zero-order valence-electron chi connectivity index (χ0n) is 11.0. The van der Waals surface area contributed by atoms with Crippen LogP contribution in [0.3, 0.4) is 0 Å². The Bertz CT molecular complexity index is 535. The largest absolute Gasteiger partial charge is 0.467 e. The maximum Gasteiger partial charge on any atom is 0.223 e. The number of furan rings is 1. The first-order valence-electron chi connectivity index (χ1n) is 6.26. The third-order valence-electron chi connectivity index (χ3n) is 2.98. The van der Waals surface area contributed by atoms with Crippen LogP contribution >= 0.6 is 0 Å². The van der Waals surface area contributed by atoms with Crippen LogP contribution in [0.15, 0.2) is 47.1 Å². The van der Waals surface area contributed by atoms with Crippen LogP contribution in [0.5, 0.6) is 0 Å². The minimum atomic E-state index is 0.0961. The number of carbonyl (C=O) groups is 1. The van der Waals surface area contributed by atoms with E-state index >= 15 is 0 Å². The Balaban J connectivity index is 1.84. The van der Waals surface area contributed by atoms with E-state index in [1.54, 1.807) is 18.2 Å². The minimum absolute atomic E-state index is 0.0961. The highest BCUT2D eigenvalue weighted by Gasteiger charge is 2.10. The predicted molar refractivity (Wildman–Crippen MR) is 74.4 cm³/mol. The number of anilines is 1. The summed E-state index contributed by atoms with van der Waals surface area (Å²) in [7, 11) is 1.78. The van der Waals surface area contributed by atoms with Gasteiger partial charge in [0.05, 0.1) is 12.8 Å². The van der Waals surface area contributed by atoms with Gasteiger partial charge < -0.3 is 15.1 Å². The fourth-order valence-corrected chi connectivity index (χ4v) is 1.92. The van der Waals surface area contributed by atoms with Crippen molar-refractivity contribution in [1.82, 2.24) is 4.90 Å². The number of rotatable bonds is 5. The molecule has 0 radical (unpaired) electrons. The maximum absolute atomic E-state index is 12.0. The minimum Gasteiger partial charge on any atom is -0.467 e. The quantitative estimate of drug-likeness (QED) is 0.838. The van der Waals surface area contributed by atoms with E-state index in [-0.39, 0.29) is 5.91 Å². The number of hydrogen-bond acceptors (Lipinski definition) is 3. The number of benzene rings is 1. The van der Waals surface area contributed by atoms with Gasteiger partial charge in [-0.05, 0) is 36.2 Å². The fourth-order valence-electron chi connectivity index (χ4n) is 1.92. The topological polar surface area (TPSA) is 59.5 Å². The highest BCUT2D eigenvalue weighted by atomic mass is 16.3. The molecule has 2 aromatic rings. The SMILES string of the molecule is CN(Cc1ccco1)C(=O)CCc1cccc(N)c1. The molecule has 0 saturated carbocycles. The van der Waals surface area contributed by atoms with Gasteiger partial charge in [-0.25, -0.2) is 0 Å². The Kier molecular flexibility index (Phi) is 4.23. The van der Waals surface area contributed by atoms with Crippen molar-refractivity contribution >= 4 is 11.6 Å². The molecule has 4 nitrogen and oxygen atoms in total. The lowest BCUT2D eigenvalue weighted by molar-refractivity contribution is -0.130. The lowest BCUT2D eigenvalue weighted by Gasteiger charge is -2.15. The summed E-state index contributed by atoms with van der Waals surface area (Å²) in [6.45, 7) is 0.503. The van der Waals surface area contributed by atoms with Crippen LogP contribution in [0.1, 0.15) is 17.7 Å². The van der Waals surface area contributed by atoms with Crippen molar-refractivity contribution in [1.29, 1.82) is 0 Å². The van der Waals surface area contributed by atoms with Gasteiger partial charge >= 0.3 is 0 Å². The van der Waals surface area contributed by atoms with Crippen molar-refractivity contribution < 1.29 is 9.21 Å². The summed E-state index contributed by atoms with van der Waals surface area (Å²) >= 11 is 0. The molecule has 2 rings (SSSR count). The van der Waals surface area contributed by atoms with Gasteiger partial charge in [-0.15, -0.1) is 0 Å². The van der Waals surface area contributed by atoms with Gasteiger partial charge in [0.2, 0.25) is 5.91 Å². The van der Waals surface area contributed by atoms with Crippen LogP contribution in [0, 0.1) is 0 Å². The summed E-state index contributed by atoms with van der Waals surface area (Å²) in [5, 5.41) is 0. The van der Waals surface area contributed by atoms with E-state index in [0.717, 1.165) is 17.0 Å². The first-order chi connectivity index (χ1) is 9.15. The van der Waals surface area contributed by atoms with Crippen molar-refractivity contribution in [2.24, 2.45) is 0 Å². The van der Waals surface area contributed by atoms with E-state index in [2.05, 4.69) is 0 Å².